The molecule has 2 unspecified atom stereocenters. The van der Waals surface area contributed by atoms with Crippen molar-refractivity contribution in [1.82, 2.24) is 0 Å². The van der Waals surface area contributed by atoms with Crippen LogP contribution in [0.15, 0.2) is 70.9 Å². The van der Waals surface area contributed by atoms with Crippen molar-refractivity contribution in [2.45, 2.75) is 40.0 Å². The molecule has 0 N–H and O–H groups in total. The molecule has 2 atom stereocenters. The van der Waals surface area contributed by atoms with Gasteiger partial charge in [0.05, 0.1) is 24.5 Å². The minimum atomic E-state index is -0.811. The number of ether oxygens (including phenoxy) is 2. The largest absolute Gasteiger partial charge is 0.465 e. The minimum Gasteiger partial charge on any atom is -0.465 e. The smallest absolute Gasteiger partial charge is 0.336 e. The van der Waals surface area contributed by atoms with Crippen molar-refractivity contribution in [3.05, 3.63) is 82.8 Å². The van der Waals surface area contributed by atoms with Gasteiger partial charge in [0.1, 0.15) is 11.7 Å². The van der Waals surface area contributed by atoms with Crippen molar-refractivity contribution in [2.24, 2.45) is 16.8 Å². The maximum Gasteiger partial charge on any atom is 0.336 e. The first-order chi connectivity index (χ1) is 15.9. The predicted molar refractivity (Wildman–Crippen MR) is 125 cm³/mol. The van der Waals surface area contributed by atoms with Crippen molar-refractivity contribution in [3.8, 4) is 0 Å². The average molecular weight is 452 g/mol. The van der Waals surface area contributed by atoms with E-state index in [2.05, 4.69) is 0 Å². The summed E-state index contributed by atoms with van der Waals surface area (Å²) in [5.41, 5.74) is 3.12. The Bertz CT molecular complexity index is 1040. The summed E-state index contributed by atoms with van der Waals surface area (Å²) in [4.78, 5) is 31.3. The fourth-order valence-corrected chi connectivity index (χ4v) is 4.19. The molecule has 0 fully saturated rings. The molecule has 1 aliphatic rings. The molecule has 3 rings (SSSR count). The Morgan fingerprint density at radius 3 is 2.18 bits per heavy atom. The number of nitrogens with zero attached hydrogens (tertiary/aromatic N) is 1. The van der Waals surface area contributed by atoms with Crippen LogP contribution in [0.25, 0.3) is 0 Å². The van der Waals surface area contributed by atoms with Crippen molar-refractivity contribution in [1.29, 1.82) is 0 Å². The van der Waals surface area contributed by atoms with Crippen LogP contribution >= 0.6 is 0 Å². The van der Waals surface area contributed by atoms with Gasteiger partial charge in [-0.2, -0.15) is 0 Å². The highest BCUT2D eigenvalue weighted by Gasteiger charge is 2.45. The highest BCUT2D eigenvalue weighted by atomic mass is 19.1. The average Bonchev–Trinajstić information content (AvgIpc) is 2.79. The number of allylic oxidation sites excluding steroid dienone is 1. The summed E-state index contributed by atoms with van der Waals surface area (Å²) in [5.74, 6) is -2.96. The molecule has 0 saturated carbocycles. The highest BCUT2D eigenvalue weighted by molar-refractivity contribution is 6.08. The molecule has 174 valence electrons. The lowest BCUT2D eigenvalue weighted by atomic mass is 9.72. The van der Waals surface area contributed by atoms with E-state index in [1.165, 1.54) is 12.1 Å². The lowest BCUT2D eigenvalue weighted by molar-refractivity contribution is -0.146. The van der Waals surface area contributed by atoms with Crippen LogP contribution in [0.1, 0.15) is 44.7 Å². The molecule has 1 aliphatic heterocycles. The SMILES string of the molecule is CCOC(=O)C1=C(Cc2ccccc2)N=C(C(C)C)C(C(=O)OCC)C1c1ccc(F)cc1. The second kappa shape index (κ2) is 11.0. The topological polar surface area (TPSA) is 65.0 Å². The molecule has 5 nitrogen and oxygen atoms in total. The molecule has 6 heteroatoms. The maximum atomic E-state index is 13.8. The van der Waals surface area contributed by atoms with E-state index in [0.29, 0.717) is 29.0 Å². The molecular weight excluding hydrogens is 421 g/mol. The summed E-state index contributed by atoms with van der Waals surface area (Å²) in [7, 11) is 0. The van der Waals surface area contributed by atoms with E-state index in [9.17, 15) is 14.0 Å². The van der Waals surface area contributed by atoms with Crippen LogP contribution in [0.4, 0.5) is 4.39 Å². The lowest BCUT2D eigenvalue weighted by Gasteiger charge is -2.34. The van der Waals surface area contributed by atoms with Crippen molar-refractivity contribution in [2.75, 3.05) is 13.2 Å². The molecule has 0 saturated heterocycles. The number of hydrogen-bond acceptors (Lipinski definition) is 5. The normalized spacial score (nSPS) is 18.2. The zero-order valence-electron chi connectivity index (χ0n) is 19.5. The molecule has 0 bridgehead atoms. The number of halogens is 1. The van der Waals surface area contributed by atoms with Crippen LogP contribution in [0, 0.1) is 17.7 Å². The first-order valence-electron chi connectivity index (χ1n) is 11.3. The Hall–Kier alpha value is -3.28. The lowest BCUT2D eigenvalue weighted by Crippen LogP contribution is -2.40. The highest BCUT2D eigenvalue weighted by Crippen LogP contribution is 2.42. The van der Waals surface area contributed by atoms with Gasteiger partial charge in [0.2, 0.25) is 0 Å². The monoisotopic (exact) mass is 451 g/mol. The molecule has 0 radical (unpaired) electrons. The predicted octanol–water partition coefficient (Wildman–Crippen LogP) is 5.26. The van der Waals surface area contributed by atoms with E-state index in [1.54, 1.807) is 26.0 Å². The van der Waals surface area contributed by atoms with Crippen molar-refractivity contribution >= 4 is 17.7 Å². The summed E-state index contributed by atoms with van der Waals surface area (Å²) < 4.78 is 24.6. The van der Waals surface area contributed by atoms with Gasteiger partial charge in [0.15, 0.2) is 0 Å². The second-order valence-corrected chi connectivity index (χ2v) is 8.19. The molecule has 0 amide bonds. The van der Waals surface area contributed by atoms with E-state index in [4.69, 9.17) is 14.5 Å². The molecule has 0 aliphatic carbocycles. The van der Waals surface area contributed by atoms with Gasteiger partial charge in [-0.1, -0.05) is 56.3 Å². The van der Waals surface area contributed by atoms with Gasteiger partial charge in [-0.3, -0.25) is 9.79 Å². The van der Waals surface area contributed by atoms with Crippen LogP contribution in [0.2, 0.25) is 0 Å². The molecule has 0 spiro atoms. The van der Waals surface area contributed by atoms with Crippen LogP contribution in [0.5, 0.6) is 0 Å². The summed E-state index contributed by atoms with van der Waals surface area (Å²) >= 11 is 0. The van der Waals surface area contributed by atoms with E-state index >= 15 is 0 Å². The standard InChI is InChI=1S/C27H30FNO4/c1-5-32-26(30)23-21(16-18-10-8-7-9-11-18)29-25(17(3)4)24(27(31)33-6-2)22(23)19-12-14-20(28)15-13-19/h7-15,17,22,24H,5-6,16H2,1-4H3. The molecule has 2 aromatic rings. The van der Waals surface area contributed by atoms with E-state index in [1.807, 2.05) is 44.2 Å². The number of benzene rings is 2. The Morgan fingerprint density at radius 1 is 0.970 bits per heavy atom. The zero-order chi connectivity index (χ0) is 24.0. The number of esters is 2. The maximum absolute atomic E-state index is 13.8. The number of aliphatic imine (C=N–C) groups is 1. The van der Waals surface area contributed by atoms with Crippen LogP contribution < -0.4 is 0 Å². The minimum absolute atomic E-state index is 0.0723. The fourth-order valence-electron chi connectivity index (χ4n) is 4.19. The fraction of sp³-hybridized carbons (Fsp3) is 0.370. The summed E-state index contributed by atoms with van der Waals surface area (Å²) in [6.07, 6.45) is 0.401. The van der Waals surface area contributed by atoms with E-state index < -0.39 is 29.6 Å². The quantitative estimate of drug-likeness (QED) is 0.514. The second-order valence-electron chi connectivity index (χ2n) is 8.19. The van der Waals surface area contributed by atoms with Crippen LogP contribution in [-0.4, -0.2) is 30.9 Å². The van der Waals surface area contributed by atoms with Crippen molar-refractivity contribution < 1.29 is 23.5 Å². The van der Waals surface area contributed by atoms with Gasteiger partial charge in [0, 0.05) is 18.1 Å². The molecular formula is C27H30FNO4. The van der Waals surface area contributed by atoms with Gasteiger partial charge in [-0.25, -0.2) is 9.18 Å². The van der Waals surface area contributed by atoms with Gasteiger partial charge < -0.3 is 9.47 Å². The zero-order valence-corrected chi connectivity index (χ0v) is 19.5. The summed E-state index contributed by atoms with van der Waals surface area (Å²) in [6.45, 7) is 7.78. The van der Waals surface area contributed by atoms with Gasteiger partial charge in [-0.15, -0.1) is 0 Å². The number of rotatable bonds is 8. The first kappa shape index (κ1) is 24.4. The molecule has 1 heterocycles. The Kier molecular flexibility index (Phi) is 8.15. The Morgan fingerprint density at radius 2 is 1.61 bits per heavy atom. The summed E-state index contributed by atoms with van der Waals surface area (Å²) in [5, 5.41) is 0. The van der Waals surface area contributed by atoms with E-state index in [-0.39, 0.29) is 19.1 Å². The number of hydrogen-bond donors (Lipinski definition) is 0. The molecule has 0 aromatic heterocycles. The Balaban J connectivity index is 2.27. The number of carbonyl (C=O) groups is 2. The number of carbonyl (C=O) groups excluding carboxylic acids is 2. The third kappa shape index (κ3) is 5.56. The molecule has 2 aromatic carbocycles. The van der Waals surface area contributed by atoms with Gasteiger partial charge in [-0.05, 0) is 43.0 Å². The third-order valence-electron chi connectivity index (χ3n) is 5.61. The summed E-state index contributed by atoms with van der Waals surface area (Å²) in [6, 6.07) is 15.6. The first-order valence-corrected chi connectivity index (χ1v) is 11.3. The van der Waals surface area contributed by atoms with Gasteiger partial charge in [0.25, 0.3) is 0 Å². The van der Waals surface area contributed by atoms with E-state index in [0.717, 1.165) is 5.56 Å². The third-order valence-corrected chi connectivity index (χ3v) is 5.61. The van der Waals surface area contributed by atoms with Crippen LogP contribution in [-0.2, 0) is 25.5 Å². The van der Waals surface area contributed by atoms with Crippen molar-refractivity contribution in [3.63, 3.8) is 0 Å². The molecule has 33 heavy (non-hydrogen) atoms. The van der Waals surface area contributed by atoms with Gasteiger partial charge >= 0.3 is 11.9 Å². The Labute approximate surface area is 194 Å². The van der Waals surface area contributed by atoms with Crippen LogP contribution in [0.3, 0.4) is 0 Å².